The van der Waals surface area contributed by atoms with Gasteiger partial charge in [0.15, 0.2) is 0 Å². The standard InChI is InChI=1S/C16H35N3/c1-5-18-12-14-19(15-13-18)11-9-7-6-8-10-17-16(2,3)4/h17H,5-15H2,1-4H3. The normalized spacial score (nSPS) is 18.9. The summed E-state index contributed by atoms with van der Waals surface area (Å²) in [6.07, 6.45) is 5.46. The van der Waals surface area contributed by atoms with Gasteiger partial charge in [0.25, 0.3) is 0 Å². The molecule has 1 saturated heterocycles. The zero-order valence-electron chi connectivity index (χ0n) is 13.7. The maximum atomic E-state index is 3.56. The van der Waals surface area contributed by atoms with E-state index in [0.717, 1.165) is 0 Å². The quantitative estimate of drug-likeness (QED) is 0.683. The first-order valence-electron chi connectivity index (χ1n) is 8.21. The molecule has 1 N–H and O–H groups in total. The first-order valence-corrected chi connectivity index (χ1v) is 8.21. The molecule has 3 heteroatoms. The molecule has 0 spiro atoms. The number of likely N-dealkylation sites (N-methyl/N-ethyl adjacent to an activating group) is 1. The molecule has 0 aromatic heterocycles. The summed E-state index contributed by atoms with van der Waals surface area (Å²) in [5, 5.41) is 3.56. The largest absolute Gasteiger partial charge is 0.312 e. The average Bonchev–Trinajstić information content (AvgIpc) is 2.37. The van der Waals surface area contributed by atoms with E-state index in [2.05, 4.69) is 42.8 Å². The molecule has 0 amide bonds. The van der Waals surface area contributed by atoms with Crippen LogP contribution in [-0.4, -0.2) is 61.2 Å². The average molecular weight is 269 g/mol. The van der Waals surface area contributed by atoms with Crippen LogP contribution in [0.3, 0.4) is 0 Å². The second-order valence-corrected chi connectivity index (χ2v) is 6.87. The predicted octanol–water partition coefficient (Wildman–Crippen LogP) is 2.57. The summed E-state index contributed by atoms with van der Waals surface area (Å²) in [4.78, 5) is 5.19. The van der Waals surface area contributed by atoms with Crippen LogP contribution in [0.5, 0.6) is 0 Å². The van der Waals surface area contributed by atoms with Crippen LogP contribution >= 0.6 is 0 Å². The van der Waals surface area contributed by atoms with Crippen LogP contribution in [0.1, 0.15) is 53.4 Å². The smallest absolute Gasteiger partial charge is 0.0110 e. The lowest BCUT2D eigenvalue weighted by Crippen LogP contribution is -2.46. The van der Waals surface area contributed by atoms with E-state index in [1.54, 1.807) is 0 Å². The lowest BCUT2D eigenvalue weighted by Gasteiger charge is -2.34. The Kier molecular flexibility index (Phi) is 7.96. The van der Waals surface area contributed by atoms with Crippen molar-refractivity contribution in [3.05, 3.63) is 0 Å². The monoisotopic (exact) mass is 269 g/mol. The zero-order valence-corrected chi connectivity index (χ0v) is 13.7. The summed E-state index contributed by atoms with van der Waals surface area (Å²) in [6, 6.07) is 0. The lowest BCUT2D eigenvalue weighted by atomic mass is 10.1. The van der Waals surface area contributed by atoms with Crippen molar-refractivity contribution in [1.29, 1.82) is 0 Å². The number of rotatable bonds is 8. The van der Waals surface area contributed by atoms with Gasteiger partial charge in [0.1, 0.15) is 0 Å². The van der Waals surface area contributed by atoms with Gasteiger partial charge in [-0.05, 0) is 53.2 Å². The van der Waals surface area contributed by atoms with Crippen LogP contribution in [0.4, 0.5) is 0 Å². The van der Waals surface area contributed by atoms with E-state index in [-0.39, 0.29) is 5.54 Å². The van der Waals surface area contributed by atoms with Crippen molar-refractivity contribution in [2.24, 2.45) is 0 Å². The molecule has 114 valence electrons. The van der Waals surface area contributed by atoms with Gasteiger partial charge in [-0.25, -0.2) is 0 Å². The fraction of sp³-hybridized carbons (Fsp3) is 1.00. The molecular weight excluding hydrogens is 234 g/mol. The molecule has 1 heterocycles. The third kappa shape index (κ3) is 8.61. The molecule has 0 bridgehead atoms. The van der Waals surface area contributed by atoms with Gasteiger partial charge in [-0.1, -0.05) is 19.8 Å². The Morgan fingerprint density at radius 1 is 0.842 bits per heavy atom. The Morgan fingerprint density at radius 2 is 1.42 bits per heavy atom. The first-order chi connectivity index (χ1) is 9.01. The highest BCUT2D eigenvalue weighted by Gasteiger charge is 2.14. The van der Waals surface area contributed by atoms with Crippen LogP contribution in [0.15, 0.2) is 0 Å². The van der Waals surface area contributed by atoms with Gasteiger partial charge < -0.3 is 15.1 Å². The third-order valence-corrected chi connectivity index (χ3v) is 3.97. The maximum Gasteiger partial charge on any atom is 0.0110 e. The van der Waals surface area contributed by atoms with Crippen LogP contribution < -0.4 is 5.32 Å². The Bertz CT molecular complexity index is 215. The Labute approximate surface area is 120 Å². The molecule has 0 atom stereocenters. The number of piperazine rings is 1. The molecule has 0 aromatic carbocycles. The molecule has 1 aliphatic rings. The summed E-state index contributed by atoms with van der Waals surface area (Å²) >= 11 is 0. The molecule has 3 nitrogen and oxygen atoms in total. The van der Waals surface area contributed by atoms with Crippen molar-refractivity contribution in [2.45, 2.75) is 58.9 Å². The van der Waals surface area contributed by atoms with Crippen molar-refractivity contribution in [1.82, 2.24) is 15.1 Å². The van der Waals surface area contributed by atoms with Crippen LogP contribution in [-0.2, 0) is 0 Å². The van der Waals surface area contributed by atoms with Gasteiger partial charge in [0.05, 0.1) is 0 Å². The molecular formula is C16H35N3. The van der Waals surface area contributed by atoms with Gasteiger partial charge >= 0.3 is 0 Å². The number of hydrogen-bond donors (Lipinski definition) is 1. The van der Waals surface area contributed by atoms with E-state index in [9.17, 15) is 0 Å². The summed E-state index contributed by atoms with van der Waals surface area (Å²) in [5.41, 5.74) is 0.277. The molecule has 0 aliphatic carbocycles. The molecule has 0 saturated carbocycles. The predicted molar refractivity (Wildman–Crippen MR) is 84.8 cm³/mol. The van der Waals surface area contributed by atoms with Gasteiger partial charge in [0.2, 0.25) is 0 Å². The third-order valence-electron chi connectivity index (χ3n) is 3.97. The molecule has 1 fully saturated rings. The number of nitrogens with one attached hydrogen (secondary N) is 1. The molecule has 0 unspecified atom stereocenters. The minimum absolute atomic E-state index is 0.277. The van der Waals surface area contributed by atoms with E-state index < -0.39 is 0 Å². The second kappa shape index (κ2) is 8.93. The minimum atomic E-state index is 0.277. The molecule has 1 aliphatic heterocycles. The van der Waals surface area contributed by atoms with Crippen molar-refractivity contribution < 1.29 is 0 Å². The van der Waals surface area contributed by atoms with E-state index in [1.807, 2.05) is 0 Å². The Balaban J connectivity index is 1.89. The van der Waals surface area contributed by atoms with E-state index >= 15 is 0 Å². The summed E-state index contributed by atoms with van der Waals surface area (Å²) < 4.78 is 0. The molecule has 19 heavy (non-hydrogen) atoms. The fourth-order valence-corrected chi connectivity index (χ4v) is 2.61. The first kappa shape index (κ1) is 16.9. The van der Waals surface area contributed by atoms with Crippen LogP contribution in [0, 0.1) is 0 Å². The van der Waals surface area contributed by atoms with Gasteiger partial charge in [-0.15, -0.1) is 0 Å². The molecule has 0 aromatic rings. The van der Waals surface area contributed by atoms with E-state index in [0.29, 0.717) is 0 Å². The zero-order chi connectivity index (χ0) is 14.1. The highest BCUT2D eigenvalue weighted by Crippen LogP contribution is 2.06. The van der Waals surface area contributed by atoms with E-state index in [4.69, 9.17) is 0 Å². The van der Waals surface area contributed by atoms with Crippen molar-refractivity contribution in [3.63, 3.8) is 0 Å². The summed E-state index contributed by atoms with van der Waals surface area (Å²) in [6.45, 7) is 17.8. The molecule has 0 radical (unpaired) electrons. The van der Waals surface area contributed by atoms with Gasteiger partial charge in [-0.2, -0.15) is 0 Å². The highest BCUT2D eigenvalue weighted by molar-refractivity contribution is 4.71. The fourth-order valence-electron chi connectivity index (χ4n) is 2.61. The van der Waals surface area contributed by atoms with Gasteiger partial charge in [0, 0.05) is 31.7 Å². The number of unbranched alkanes of at least 4 members (excludes halogenated alkanes) is 3. The minimum Gasteiger partial charge on any atom is -0.312 e. The van der Waals surface area contributed by atoms with Gasteiger partial charge in [-0.3, -0.25) is 0 Å². The Morgan fingerprint density at radius 3 is 2.00 bits per heavy atom. The van der Waals surface area contributed by atoms with Crippen molar-refractivity contribution >= 4 is 0 Å². The lowest BCUT2D eigenvalue weighted by molar-refractivity contribution is 0.135. The SMILES string of the molecule is CCN1CCN(CCCCCCNC(C)(C)C)CC1. The van der Waals surface area contributed by atoms with Crippen LogP contribution in [0.25, 0.3) is 0 Å². The Hall–Kier alpha value is -0.120. The summed E-state index contributed by atoms with van der Waals surface area (Å²) in [7, 11) is 0. The molecule has 1 rings (SSSR count). The number of nitrogens with zero attached hydrogens (tertiary/aromatic N) is 2. The summed E-state index contributed by atoms with van der Waals surface area (Å²) in [5.74, 6) is 0. The highest BCUT2D eigenvalue weighted by atomic mass is 15.3. The van der Waals surface area contributed by atoms with Crippen LogP contribution in [0.2, 0.25) is 0 Å². The second-order valence-electron chi connectivity index (χ2n) is 6.87. The maximum absolute atomic E-state index is 3.56. The van der Waals surface area contributed by atoms with E-state index in [1.165, 1.54) is 71.5 Å². The number of hydrogen-bond acceptors (Lipinski definition) is 3. The van der Waals surface area contributed by atoms with Crippen molar-refractivity contribution in [3.8, 4) is 0 Å². The topological polar surface area (TPSA) is 18.5 Å². The van der Waals surface area contributed by atoms with Crippen molar-refractivity contribution in [2.75, 3.05) is 45.8 Å².